The van der Waals surface area contributed by atoms with Gasteiger partial charge < -0.3 is 24.5 Å². The van der Waals surface area contributed by atoms with Crippen LogP contribution in [0, 0.1) is 0 Å². The predicted molar refractivity (Wildman–Crippen MR) is 135 cm³/mol. The van der Waals surface area contributed by atoms with Crippen LogP contribution in [0.5, 0.6) is 17.2 Å². The van der Waals surface area contributed by atoms with Gasteiger partial charge in [-0.3, -0.25) is 4.79 Å². The monoisotopic (exact) mass is 475 g/mol. The van der Waals surface area contributed by atoms with Gasteiger partial charge in [0.1, 0.15) is 16.6 Å². The Morgan fingerprint density at radius 2 is 1.62 bits per heavy atom. The van der Waals surface area contributed by atoms with Crippen molar-refractivity contribution >= 4 is 23.4 Å². The minimum Gasteiger partial charge on any atom is -0.497 e. The molecule has 0 bridgehead atoms. The smallest absolute Gasteiger partial charge is 0.234 e. The Kier molecular flexibility index (Phi) is 7.39. The number of hydrogen-bond donors (Lipinski definition) is 2. The van der Waals surface area contributed by atoms with Crippen LogP contribution in [0.3, 0.4) is 0 Å². The van der Waals surface area contributed by atoms with Gasteiger partial charge in [-0.2, -0.15) is 0 Å². The van der Waals surface area contributed by atoms with Crippen LogP contribution in [0.15, 0.2) is 77.8 Å². The van der Waals surface area contributed by atoms with Gasteiger partial charge in [0, 0.05) is 22.9 Å². The number of carbonyl (C=O) groups is 1. The minimum atomic E-state index is -0.151. The van der Waals surface area contributed by atoms with E-state index in [1.165, 1.54) is 11.8 Å². The second-order valence-corrected chi connectivity index (χ2v) is 8.23. The Morgan fingerprint density at radius 1 is 0.882 bits per heavy atom. The fourth-order valence-electron chi connectivity index (χ4n) is 3.39. The molecule has 0 spiro atoms. The Morgan fingerprint density at radius 3 is 2.29 bits per heavy atom. The molecule has 1 amide bonds. The molecule has 2 N–H and O–H groups in total. The van der Waals surface area contributed by atoms with Gasteiger partial charge in [-0.05, 0) is 36.4 Å². The molecular formula is C26H25N3O4S. The number of H-pyrrole nitrogens is 1. The normalized spacial score (nSPS) is 10.6. The van der Waals surface area contributed by atoms with E-state index in [1.54, 1.807) is 39.5 Å². The fourth-order valence-corrected chi connectivity index (χ4v) is 4.20. The number of nitrogens with one attached hydrogen (secondary N) is 2. The Labute approximate surface area is 202 Å². The van der Waals surface area contributed by atoms with E-state index in [0.717, 1.165) is 33.4 Å². The highest BCUT2D eigenvalue weighted by molar-refractivity contribution is 8.00. The van der Waals surface area contributed by atoms with Crippen LogP contribution in [0.4, 0.5) is 5.69 Å². The lowest BCUT2D eigenvalue weighted by Gasteiger charge is -2.10. The molecule has 0 unspecified atom stereocenters. The first kappa shape index (κ1) is 23.3. The van der Waals surface area contributed by atoms with Crippen molar-refractivity contribution in [3.63, 3.8) is 0 Å². The van der Waals surface area contributed by atoms with Crippen LogP contribution >= 0.6 is 11.8 Å². The summed E-state index contributed by atoms with van der Waals surface area (Å²) in [5.74, 6) is 2.71. The molecule has 0 saturated heterocycles. The molecule has 0 fully saturated rings. The highest BCUT2D eigenvalue weighted by atomic mass is 32.2. The number of nitrogens with zero attached hydrogens (tertiary/aromatic N) is 1. The average Bonchev–Trinajstić information content (AvgIpc) is 3.32. The number of hydrogen-bond acceptors (Lipinski definition) is 6. The van der Waals surface area contributed by atoms with Crippen LogP contribution in [-0.4, -0.2) is 43.0 Å². The summed E-state index contributed by atoms with van der Waals surface area (Å²) in [6.07, 6.45) is 0. The van der Waals surface area contributed by atoms with E-state index >= 15 is 0 Å². The van der Waals surface area contributed by atoms with Gasteiger partial charge >= 0.3 is 0 Å². The van der Waals surface area contributed by atoms with Crippen molar-refractivity contribution in [2.24, 2.45) is 0 Å². The van der Waals surface area contributed by atoms with E-state index in [-0.39, 0.29) is 11.7 Å². The van der Waals surface area contributed by atoms with E-state index in [2.05, 4.69) is 10.3 Å². The zero-order chi connectivity index (χ0) is 23.9. The quantitative estimate of drug-likeness (QED) is 0.311. The van der Waals surface area contributed by atoms with E-state index < -0.39 is 0 Å². The first-order valence-corrected chi connectivity index (χ1v) is 11.5. The number of anilines is 1. The van der Waals surface area contributed by atoms with E-state index in [0.29, 0.717) is 17.2 Å². The number of carbonyl (C=O) groups excluding carboxylic acids is 1. The van der Waals surface area contributed by atoms with Crippen molar-refractivity contribution in [2.45, 2.75) is 5.03 Å². The van der Waals surface area contributed by atoms with Gasteiger partial charge in [0.15, 0.2) is 11.5 Å². The molecule has 7 nitrogen and oxygen atoms in total. The van der Waals surface area contributed by atoms with Crippen molar-refractivity contribution in [2.75, 3.05) is 32.4 Å². The van der Waals surface area contributed by atoms with Gasteiger partial charge in [-0.25, -0.2) is 4.98 Å². The first-order chi connectivity index (χ1) is 16.6. The Bertz CT molecular complexity index is 1260. The molecule has 0 aliphatic rings. The molecule has 3 aromatic carbocycles. The van der Waals surface area contributed by atoms with E-state index in [4.69, 9.17) is 19.2 Å². The van der Waals surface area contributed by atoms with Crippen LogP contribution < -0.4 is 19.5 Å². The molecule has 1 heterocycles. The maximum absolute atomic E-state index is 12.7. The SMILES string of the molecule is COc1ccc(-c2[nH]c(-c3ccccc3)nc2SCC(=O)Nc2ccc(OC)c(OC)c2)cc1. The highest BCUT2D eigenvalue weighted by Crippen LogP contribution is 2.34. The number of benzene rings is 3. The number of thioether (sulfide) groups is 1. The standard InChI is InChI=1S/C26H25N3O4S/c1-31-20-12-9-17(10-13-20)24-26(29-25(28-24)18-7-5-4-6-8-18)34-16-23(30)27-19-11-14-21(32-2)22(15-19)33-3/h4-15H,16H2,1-3H3,(H,27,30)(H,28,29). The second kappa shape index (κ2) is 10.8. The third-order valence-corrected chi connectivity index (χ3v) is 6.08. The van der Waals surface area contributed by atoms with Gasteiger partial charge in [0.2, 0.25) is 5.91 Å². The highest BCUT2D eigenvalue weighted by Gasteiger charge is 2.16. The molecule has 0 aliphatic heterocycles. The molecule has 0 radical (unpaired) electrons. The summed E-state index contributed by atoms with van der Waals surface area (Å²) in [6, 6.07) is 22.9. The maximum atomic E-state index is 12.7. The number of aromatic amines is 1. The van der Waals surface area contributed by atoms with Crippen LogP contribution in [0.2, 0.25) is 0 Å². The van der Waals surface area contributed by atoms with Crippen LogP contribution in [0.1, 0.15) is 0 Å². The zero-order valence-electron chi connectivity index (χ0n) is 19.1. The predicted octanol–water partition coefficient (Wildman–Crippen LogP) is 5.50. The third kappa shape index (κ3) is 5.35. The largest absolute Gasteiger partial charge is 0.497 e. The summed E-state index contributed by atoms with van der Waals surface area (Å²) in [7, 11) is 4.76. The summed E-state index contributed by atoms with van der Waals surface area (Å²) in [5.41, 5.74) is 3.41. The summed E-state index contributed by atoms with van der Waals surface area (Å²) >= 11 is 1.37. The number of imidazole rings is 1. The molecule has 0 aliphatic carbocycles. The minimum absolute atomic E-state index is 0.151. The zero-order valence-corrected chi connectivity index (χ0v) is 19.9. The van der Waals surface area contributed by atoms with Crippen LogP contribution in [-0.2, 0) is 4.79 Å². The van der Waals surface area contributed by atoms with Gasteiger partial charge in [-0.1, -0.05) is 42.1 Å². The molecule has 174 valence electrons. The molecule has 0 atom stereocenters. The van der Waals surface area contributed by atoms with Crippen molar-refractivity contribution in [3.8, 4) is 39.9 Å². The maximum Gasteiger partial charge on any atom is 0.234 e. The van der Waals surface area contributed by atoms with Gasteiger partial charge in [0.25, 0.3) is 0 Å². The molecule has 0 saturated carbocycles. The van der Waals surface area contributed by atoms with Gasteiger partial charge in [-0.15, -0.1) is 0 Å². The van der Waals surface area contributed by atoms with Crippen molar-refractivity contribution in [1.29, 1.82) is 0 Å². The summed E-state index contributed by atoms with van der Waals surface area (Å²) < 4.78 is 15.8. The topological polar surface area (TPSA) is 85.5 Å². The van der Waals surface area contributed by atoms with Gasteiger partial charge in [0.05, 0.1) is 32.8 Å². The van der Waals surface area contributed by atoms with Crippen molar-refractivity contribution in [3.05, 3.63) is 72.8 Å². The molecule has 4 aromatic rings. The molecule has 4 rings (SSSR count). The number of methoxy groups -OCH3 is 3. The molecule has 34 heavy (non-hydrogen) atoms. The first-order valence-electron chi connectivity index (χ1n) is 10.6. The van der Waals surface area contributed by atoms with Crippen LogP contribution in [0.25, 0.3) is 22.6 Å². The van der Waals surface area contributed by atoms with E-state index in [9.17, 15) is 4.79 Å². The molecular weight excluding hydrogens is 450 g/mol. The lowest BCUT2D eigenvalue weighted by molar-refractivity contribution is -0.113. The molecule has 8 heteroatoms. The Balaban J connectivity index is 1.54. The lowest BCUT2D eigenvalue weighted by atomic mass is 10.1. The second-order valence-electron chi connectivity index (χ2n) is 7.27. The summed E-state index contributed by atoms with van der Waals surface area (Å²) in [5, 5.41) is 3.64. The van der Waals surface area contributed by atoms with Crippen molar-refractivity contribution in [1.82, 2.24) is 9.97 Å². The number of ether oxygens (including phenoxy) is 3. The summed E-state index contributed by atoms with van der Waals surface area (Å²) in [4.78, 5) is 20.9. The number of aromatic nitrogens is 2. The molecule has 1 aromatic heterocycles. The number of rotatable bonds is 9. The van der Waals surface area contributed by atoms with E-state index in [1.807, 2.05) is 54.6 Å². The lowest BCUT2D eigenvalue weighted by Crippen LogP contribution is -2.14. The number of amides is 1. The Hall–Kier alpha value is -3.91. The third-order valence-electron chi connectivity index (χ3n) is 5.10. The summed E-state index contributed by atoms with van der Waals surface area (Å²) in [6.45, 7) is 0. The fraction of sp³-hybridized carbons (Fsp3) is 0.154. The van der Waals surface area contributed by atoms with Crippen molar-refractivity contribution < 1.29 is 19.0 Å². The average molecular weight is 476 g/mol.